The molecule has 6 aromatic carbocycles. The third kappa shape index (κ3) is 4.45. The maximum absolute atomic E-state index is 3.54. The first-order valence-corrected chi connectivity index (χ1v) is 11.9. The average molecular weight is 448 g/mol. The summed E-state index contributed by atoms with van der Waals surface area (Å²) in [6.45, 7) is 0. The van der Waals surface area contributed by atoms with Crippen LogP contribution in [0.4, 0.5) is 11.4 Å². The second-order valence-electron chi connectivity index (χ2n) is 8.76. The van der Waals surface area contributed by atoms with Crippen LogP contribution >= 0.6 is 0 Å². The van der Waals surface area contributed by atoms with Gasteiger partial charge >= 0.3 is 0 Å². The summed E-state index contributed by atoms with van der Waals surface area (Å²) in [5.74, 6) is 0. The highest BCUT2D eigenvalue weighted by Gasteiger charge is 2.08. The molecule has 166 valence electrons. The van der Waals surface area contributed by atoms with E-state index in [4.69, 9.17) is 0 Å². The van der Waals surface area contributed by atoms with Gasteiger partial charge in [-0.25, -0.2) is 0 Å². The van der Waals surface area contributed by atoms with Crippen molar-refractivity contribution < 1.29 is 0 Å². The predicted molar refractivity (Wildman–Crippen MR) is 150 cm³/mol. The van der Waals surface area contributed by atoms with Crippen molar-refractivity contribution in [3.05, 3.63) is 146 Å². The quantitative estimate of drug-likeness (QED) is 0.277. The molecule has 0 bridgehead atoms. The molecule has 0 heterocycles. The fourth-order valence-corrected chi connectivity index (χ4v) is 4.62. The Hall–Kier alpha value is -4.62. The lowest BCUT2D eigenvalue weighted by atomic mass is 9.93. The summed E-state index contributed by atoms with van der Waals surface area (Å²) < 4.78 is 0. The zero-order valence-corrected chi connectivity index (χ0v) is 19.4. The number of rotatable bonds is 5. The van der Waals surface area contributed by atoms with Gasteiger partial charge in [0.1, 0.15) is 0 Å². The van der Waals surface area contributed by atoms with Crippen molar-refractivity contribution in [1.82, 2.24) is 0 Å². The standard InChI is InChI=1S/C34H25N/c1-3-9-25(10-4-1)27-15-19-31(20-16-27)35-32-21-17-28(18-22-32)34-24-30(26-11-5-2-6-12-26)23-29-13-7-8-14-33(29)34/h1-24,35H. The molecule has 0 saturated heterocycles. The van der Waals surface area contributed by atoms with Crippen molar-refractivity contribution in [3.8, 4) is 33.4 Å². The summed E-state index contributed by atoms with van der Waals surface area (Å²) in [4.78, 5) is 0. The first-order valence-electron chi connectivity index (χ1n) is 11.9. The highest BCUT2D eigenvalue weighted by Crippen LogP contribution is 2.35. The van der Waals surface area contributed by atoms with Crippen LogP contribution in [-0.2, 0) is 0 Å². The van der Waals surface area contributed by atoms with Crippen molar-refractivity contribution in [2.24, 2.45) is 0 Å². The minimum absolute atomic E-state index is 1.07. The third-order valence-corrected chi connectivity index (χ3v) is 6.45. The molecular weight excluding hydrogens is 422 g/mol. The molecule has 0 fully saturated rings. The van der Waals surface area contributed by atoms with Crippen LogP contribution in [0.2, 0.25) is 0 Å². The number of benzene rings is 6. The van der Waals surface area contributed by atoms with E-state index in [1.54, 1.807) is 0 Å². The highest BCUT2D eigenvalue weighted by molar-refractivity contribution is 6.00. The molecule has 6 rings (SSSR count). The molecule has 0 aliphatic carbocycles. The maximum Gasteiger partial charge on any atom is 0.0384 e. The number of nitrogens with one attached hydrogen (secondary N) is 1. The van der Waals surface area contributed by atoms with Gasteiger partial charge in [0, 0.05) is 11.4 Å². The Morgan fingerprint density at radius 2 is 0.829 bits per heavy atom. The van der Waals surface area contributed by atoms with Crippen molar-refractivity contribution in [3.63, 3.8) is 0 Å². The lowest BCUT2D eigenvalue weighted by molar-refractivity contribution is 1.54. The van der Waals surface area contributed by atoms with Gasteiger partial charge in [0.05, 0.1) is 0 Å². The molecule has 0 spiro atoms. The van der Waals surface area contributed by atoms with Gasteiger partial charge in [0.2, 0.25) is 0 Å². The van der Waals surface area contributed by atoms with E-state index in [0.717, 1.165) is 11.4 Å². The Kier molecular flexibility index (Phi) is 5.58. The van der Waals surface area contributed by atoms with Crippen LogP contribution in [0.15, 0.2) is 146 Å². The van der Waals surface area contributed by atoms with Crippen LogP contribution < -0.4 is 5.32 Å². The lowest BCUT2D eigenvalue weighted by Crippen LogP contribution is -1.91. The van der Waals surface area contributed by atoms with Crippen molar-refractivity contribution in [2.75, 3.05) is 5.32 Å². The topological polar surface area (TPSA) is 12.0 Å². The first-order chi connectivity index (χ1) is 17.3. The van der Waals surface area contributed by atoms with Crippen molar-refractivity contribution in [2.45, 2.75) is 0 Å². The number of hydrogen-bond acceptors (Lipinski definition) is 1. The monoisotopic (exact) mass is 447 g/mol. The van der Waals surface area contributed by atoms with Crippen LogP contribution in [0.25, 0.3) is 44.2 Å². The van der Waals surface area contributed by atoms with E-state index in [1.807, 2.05) is 6.07 Å². The molecule has 0 radical (unpaired) electrons. The van der Waals surface area contributed by atoms with Crippen LogP contribution in [0.3, 0.4) is 0 Å². The van der Waals surface area contributed by atoms with E-state index in [2.05, 4.69) is 145 Å². The number of fused-ring (bicyclic) bond motifs is 1. The third-order valence-electron chi connectivity index (χ3n) is 6.45. The summed E-state index contributed by atoms with van der Waals surface area (Å²) in [5, 5.41) is 6.06. The van der Waals surface area contributed by atoms with E-state index >= 15 is 0 Å². The van der Waals surface area contributed by atoms with E-state index in [1.165, 1.54) is 44.2 Å². The minimum atomic E-state index is 1.07. The molecule has 0 saturated carbocycles. The Morgan fingerprint density at radius 3 is 1.46 bits per heavy atom. The molecule has 0 amide bonds. The molecule has 1 heteroatoms. The fraction of sp³-hybridized carbons (Fsp3) is 0. The van der Waals surface area contributed by atoms with Gasteiger partial charge in [0.15, 0.2) is 0 Å². The summed E-state index contributed by atoms with van der Waals surface area (Å²) in [5.41, 5.74) is 9.53. The summed E-state index contributed by atoms with van der Waals surface area (Å²) in [6, 6.07) is 51.6. The molecule has 0 unspecified atom stereocenters. The summed E-state index contributed by atoms with van der Waals surface area (Å²) in [6.07, 6.45) is 0. The fourth-order valence-electron chi connectivity index (χ4n) is 4.62. The van der Waals surface area contributed by atoms with Gasteiger partial charge in [-0.15, -0.1) is 0 Å². The SMILES string of the molecule is c1ccc(-c2ccc(Nc3ccc(-c4cc(-c5ccccc5)cc5ccccc45)cc3)cc2)cc1. The van der Waals surface area contributed by atoms with Gasteiger partial charge in [-0.2, -0.15) is 0 Å². The number of anilines is 2. The van der Waals surface area contributed by atoms with Crippen LogP contribution in [0.5, 0.6) is 0 Å². The van der Waals surface area contributed by atoms with Gasteiger partial charge in [-0.1, -0.05) is 109 Å². The molecule has 35 heavy (non-hydrogen) atoms. The Bertz CT molecular complexity index is 1570. The summed E-state index contributed by atoms with van der Waals surface area (Å²) >= 11 is 0. The molecule has 0 aliphatic heterocycles. The minimum Gasteiger partial charge on any atom is -0.356 e. The Morgan fingerprint density at radius 1 is 0.343 bits per heavy atom. The second-order valence-corrected chi connectivity index (χ2v) is 8.76. The normalized spacial score (nSPS) is 10.9. The van der Waals surface area contributed by atoms with Gasteiger partial charge in [-0.05, 0) is 80.6 Å². The molecule has 0 aromatic heterocycles. The smallest absolute Gasteiger partial charge is 0.0384 e. The zero-order chi connectivity index (χ0) is 23.5. The average Bonchev–Trinajstić information content (AvgIpc) is 2.94. The maximum atomic E-state index is 3.54. The zero-order valence-electron chi connectivity index (χ0n) is 19.4. The van der Waals surface area contributed by atoms with E-state index < -0.39 is 0 Å². The van der Waals surface area contributed by atoms with E-state index in [-0.39, 0.29) is 0 Å². The van der Waals surface area contributed by atoms with Crippen molar-refractivity contribution in [1.29, 1.82) is 0 Å². The van der Waals surface area contributed by atoms with E-state index in [0.29, 0.717) is 0 Å². The second kappa shape index (κ2) is 9.32. The molecule has 0 aliphatic rings. The Labute approximate surface area is 206 Å². The lowest BCUT2D eigenvalue weighted by Gasteiger charge is -2.13. The van der Waals surface area contributed by atoms with Crippen LogP contribution in [0.1, 0.15) is 0 Å². The largest absolute Gasteiger partial charge is 0.356 e. The van der Waals surface area contributed by atoms with Crippen molar-refractivity contribution >= 4 is 22.1 Å². The Balaban J connectivity index is 1.29. The van der Waals surface area contributed by atoms with Gasteiger partial charge in [-0.3, -0.25) is 0 Å². The molecule has 6 aromatic rings. The highest BCUT2D eigenvalue weighted by atomic mass is 14.9. The molecule has 0 atom stereocenters. The number of hydrogen-bond donors (Lipinski definition) is 1. The molecule has 1 nitrogen and oxygen atoms in total. The predicted octanol–water partition coefficient (Wildman–Crippen LogP) is 9.58. The van der Waals surface area contributed by atoms with E-state index in [9.17, 15) is 0 Å². The van der Waals surface area contributed by atoms with Crippen LogP contribution in [0, 0.1) is 0 Å². The van der Waals surface area contributed by atoms with Crippen LogP contribution in [-0.4, -0.2) is 0 Å². The molecule has 1 N–H and O–H groups in total. The van der Waals surface area contributed by atoms with Gasteiger partial charge in [0.25, 0.3) is 0 Å². The molecular formula is C34H25N. The first kappa shape index (κ1) is 20.9. The summed E-state index contributed by atoms with van der Waals surface area (Å²) in [7, 11) is 0. The van der Waals surface area contributed by atoms with Gasteiger partial charge < -0.3 is 5.32 Å².